The van der Waals surface area contributed by atoms with Gasteiger partial charge in [0.25, 0.3) is 0 Å². The first kappa shape index (κ1) is 29.6. The van der Waals surface area contributed by atoms with Gasteiger partial charge in [-0.2, -0.15) is 0 Å². The van der Waals surface area contributed by atoms with E-state index in [2.05, 4.69) is 181 Å². The third kappa shape index (κ3) is 4.90. The lowest BCUT2D eigenvalue weighted by Crippen LogP contribution is -2.09. The quantitative estimate of drug-likeness (QED) is 0.182. The number of hydrogen-bond donors (Lipinski definition) is 0. The molecular formula is C50H31NO2. The predicted molar refractivity (Wildman–Crippen MR) is 222 cm³/mol. The van der Waals surface area contributed by atoms with Crippen LogP contribution in [0.3, 0.4) is 0 Å². The van der Waals surface area contributed by atoms with Crippen LogP contribution in [0.15, 0.2) is 197 Å². The van der Waals surface area contributed by atoms with Crippen LogP contribution in [-0.4, -0.2) is 0 Å². The molecule has 53 heavy (non-hydrogen) atoms. The lowest BCUT2D eigenvalue weighted by molar-refractivity contribution is 0.669. The van der Waals surface area contributed by atoms with Gasteiger partial charge in [-0.1, -0.05) is 115 Å². The second kappa shape index (κ2) is 11.7. The molecule has 3 nitrogen and oxygen atoms in total. The van der Waals surface area contributed by atoms with E-state index in [1.54, 1.807) is 0 Å². The summed E-state index contributed by atoms with van der Waals surface area (Å²) < 4.78 is 12.6. The van der Waals surface area contributed by atoms with Gasteiger partial charge in [0.05, 0.1) is 0 Å². The highest BCUT2D eigenvalue weighted by molar-refractivity contribution is 6.11. The molecule has 248 valence electrons. The van der Waals surface area contributed by atoms with Gasteiger partial charge in [0.1, 0.15) is 22.3 Å². The molecule has 0 N–H and O–H groups in total. The molecule has 0 radical (unpaired) electrons. The Morgan fingerprint density at radius 2 is 0.830 bits per heavy atom. The lowest BCUT2D eigenvalue weighted by Gasteiger charge is -2.26. The van der Waals surface area contributed by atoms with Crippen molar-refractivity contribution in [3.05, 3.63) is 188 Å². The molecule has 0 fully saturated rings. The molecule has 0 amide bonds. The van der Waals surface area contributed by atoms with E-state index in [1.807, 2.05) is 12.1 Å². The van der Waals surface area contributed by atoms with E-state index in [9.17, 15) is 0 Å². The summed E-state index contributed by atoms with van der Waals surface area (Å²) in [5.74, 6) is 0. The fourth-order valence-electron chi connectivity index (χ4n) is 8.01. The van der Waals surface area contributed by atoms with Crippen molar-refractivity contribution >= 4 is 82.5 Å². The first-order chi connectivity index (χ1) is 26.2. The van der Waals surface area contributed by atoms with E-state index in [1.165, 1.54) is 32.7 Å². The van der Waals surface area contributed by atoms with Crippen LogP contribution in [0.5, 0.6) is 0 Å². The zero-order chi connectivity index (χ0) is 34.9. The number of nitrogens with zero attached hydrogens (tertiary/aromatic N) is 1. The molecule has 2 aromatic heterocycles. The molecule has 11 rings (SSSR count). The Hall–Kier alpha value is -7.10. The molecule has 0 bridgehead atoms. The summed E-state index contributed by atoms with van der Waals surface area (Å²) in [6, 6.07) is 66.9. The Balaban J connectivity index is 1.00. The highest BCUT2D eigenvalue weighted by Gasteiger charge is 2.17. The summed E-state index contributed by atoms with van der Waals surface area (Å²) in [6.45, 7) is 0. The first-order valence-corrected chi connectivity index (χ1v) is 18.0. The van der Waals surface area contributed by atoms with Gasteiger partial charge in [0.15, 0.2) is 0 Å². The maximum Gasteiger partial charge on any atom is 0.136 e. The maximum absolute atomic E-state index is 6.41. The van der Waals surface area contributed by atoms with Crippen LogP contribution < -0.4 is 4.90 Å². The summed E-state index contributed by atoms with van der Waals surface area (Å²) >= 11 is 0. The number of furan rings is 2. The SMILES string of the molecule is c1ccc2cc3c(cc2c1)oc1cc(-c2ccc(N(c4ccc(-c5cccc6ccccc56)cc4)c4ccc5oc6ccccc6c5c4)cc2)ccc13. The number of anilines is 3. The topological polar surface area (TPSA) is 29.5 Å². The van der Waals surface area contributed by atoms with Crippen molar-refractivity contribution in [1.29, 1.82) is 0 Å². The van der Waals surface area contributed by atoms with Crippen molar-refractivity contribution in [1.82, 2.24) is 0 Å². The Morgan fingerprint density at radius 1 is 0.283 bits per heavy atom. The largest absolute Gasteiger partial charge is 0.456 e. The summed E-state index contributed by atoms with van der Waals surface area (Å²) in [5.41, 5.74) is 11.4. The van der Waals surface area contributed by atoms with E-state index >= 15 is 0 Å². The standard InChI is InChI=1S/C50H31NO2/c1-2-10-36-29-50-45(28-35(36)9-1)44-26-20-37(30-49(44)53-50)32-16-21-38(22-17-32)51(40-25-27-48-46(31-40)43-13-5-6-15-47(43)52-48)39-23-18-34(19-24-39)42-14-7-11-33-8-3-4-12-41(33)42/h1-31H. The minimum absolute atomic E-state index is 0.880. The fraction of sp³-hybridized carbons (Fsp3) is 0. The fourth-order valence-corrected chi connectivity index (χ4v) is 8.01. The van der Waals surface area contributed by atoms with Crippen molar-refractivity contribution < 1.29 is 8.83 Å². The molecule has 0 aliphatic heterocycles. The Labute approximate surface area is 305 Å². The molecule has 2 heterocycles. The van der Waals surface area contributed by atoms with Gasteiger partial charge in [-0.15, -0.1) is 0 Å². The van der Waals surface area contributed by atoms with Crippen molar-refractivity contribution in [3.8, 4) is 22.3 Å². The second-order valence-corrected chi connectivity index (χ2v) is 13.7. The highest BCUT2D eigenvalue weighted by atomic mass is 16.3. The molecule has 0 saturated carbocycles. The van der Waals surface area contributed by atoms with Crippen molar-refractivity contribution in [2.75, 3.05) is 4.90 Å². The van der Waals surface area contributed by atoms with Gasteiger partial charge in [-0.3, -0.25) is 0 Å². The Bertz CT molecular complexity index is 3160. The van der Waals surface area contributed by atoms with Gasteiger partial charge in [0, 0.05) is 38.6 Å². The molecule has 9 aromatic carbocycles. The van der Waals surface area contributed by atoms with Gasteiger partial charge < -0.3 is 13.7 Å². The molecule has 0 aliphatic rings. The zero-order valence-electron chi connectivity index (χ0n) is 28.7. The van der Waals surface area contributed by atoms with Gasteiger partial charge >= 0.3 is 0 Å². The van der Waals surface area contributed by atoms with Crippen LogP contribution in [0.1, 0.15) is 0 Å². The van der Waals surface area contributed by atoms with Crippen LogP contribution in [0, 0.1) is 0 Å². The molecule has 0 unspecified atom stereocenters. The number of fused-ring (bicyclic) bond motifs is 8. The normalized spacial score (nSPS) is 11.8. The first-order valence-electron chi connectivity index (χ1n) is 18.0. The van der Waals surface area contributed by atoms with Crippen molar-refractivity contribution in [3.63, 3.8) is 0 Å². The Kier molecular flexibility index (Phi) is 6.55. The zero-order valence-corrected chi connectivity index (χ0v) is 28.7. The molecule has 0 aliphatic carbocycles. The van der Waals surface area contributed by atoms with E-state index in [0.29, 0.717) is 0 Å². The number of rotatable bonds is 5. The van der Waals surface area contributed by atoms with E-state index in [4.69, 9.17) is 8.83 Å². The minimum Gasteiger partial charge on any atom is -0.456 e. The average molecular weight is 678 g/mol. The van der Waals surface area contributed by atoms with Gasteiger partial charge in [-0.05, 0) is 117 Å². The van der Waals surface area contributed by atoms with E-state index in [0.717, 1.165) is 72.1 Å². The monoisotopic (exact) mass is 677 g/mol. The van der Waals surface area contributed by atoms with Crippen molar-refractivity contribution in [2.24, 2.45) is 0 Å². The molecule has 11 aromatic rings. The number of hydrogen-bond acceptors (Lipinski definition) is 3. The van der Waals surface area contributed by atoms with Gasteiger partial charge in [0.2, 0.25) is 0 Å². The molecule has 0 spiro atoms. The van der Waals surface area contributed by atoms with E-state index in [-0.39, 0.29) is 0 Å². The lowest BCUT2D eigenvalue weighted by atomic mass is 9.98. The third-order valence-electron chi connectivity index (χ3n) is 10.6. The van der Waals surface area contributed by atoms with Crippen LogP contribution in [0.2, 0.25) is 0 Å². The highest BCUT2D eigenvalue weighted by Crippen LogP contribution is 2.41. The molecule has 0 atom stereocenters. The Morgan fingerprint density at radius 3 is 1.64 bits per heavy atom. The second-order valence-electron chi connectivity index (χ2n) is 13.7. The summed E-state index contributed by atoms with van der Waals surface area (Å²) in [4.78, 5) is 2.32. The van der Waals surface area contributed by atoms with Gasteiger partial charge in [-0.25, -0.2) is 0 Å². The minimum atomic E-state index is 0.880. The molecule has 0 saturated heterocycles. The number of para-hydroxylation sites is 1. The summed E-state index contributed by atoms with van der Waals surface area (Å²) in [5, 5.41) is 9.37. The van der Waals surface area contributed by atoms with Crippen LogP contribution in [0.25, 0.3) is 87.7 Å². The molecular weight excluding hydrogens is 647 g/mol. The van der Waals surface area contributed by atoms with E-state index < -0.39 is 0 Å². The third-order valence-corrected chi connectivity index (χ3v) is 10.6. The van der Waals surface area contributed by atoms with Crippen LogP contribution >= 0.6 is 0 Å². The summed E-state index contributed by atoms with van der Waals surface area (Å²) in [6.07, 6.45) is 0. The predicted octanol–water partition coefficient (Wildman–Crippen LogP) is 14.6. The summed E-state index contributed by atoms with van der Waals surface area (Å²) in [7, 11) is 0. The maximum atomic E-state index is 6.41. The van der Waals surface area contributed by atoms with Crippen molar-refractivity contribution in [2.45, 2.75) is 0 Å². The van der Waals surface area contributed by atoms with Crippen LogP contribution in [0.4, 0.5) is 17.1 Å². The van der Waals surface area contributed by atoms with Crippen LogP contribution in [-0.2, 0) is 0 Å². The smallest absolute Gasteiger partial charge is 0.136 e. The number of benzene rings is 9. The average Bonchev–Trinajstić information content (AvgIpc) is 3.77. The molecule has 3 heteroatoms.